The molecule has 2 rings (SSSR count). The molecule has 1 amide bonds. The average Bonchev–Trinajstić information content (AvgIpc) is 2.67. The van der Waals surface area contributed by atoms with E-state index in [1.165, 1.54) is 0 Å². The van der Waals surface area contributed by atoms with Crippen LogP contribution in [0.15, 0.2) is 24.3 Å². The minimum absolute atomic E-state index is 0.0443. The largest absolute Gasteiger partial charge is 0.355 e. The van der Waals surface area contributed by atoms with Gasteiger partial charge in [-0.1, -0.05) is 18.2 Å². The predicted octanol–water partition coefficient (Wildman–Crippen LogP) is 0.888. The van der Waals surface area contributed by atoms with Gasteiger partial charge in [0, 0.05) is 32.0 Å². The van der Waals surface area contributed by atoms with Crippen LogP contribution in [0.4, 0.5) is 5.69 Å². The zero-order valence-corrected chi connectivity index (χ0v) is 9.90. The lowest BCUT2D eigenvalue weighted by Crippen LogP contribution is -2.35. The molecule has 0 radical (unpaired) electrons. The van der Waals surface area contributed by atoms with Crippen LogP contribution in [0.2, 0.25) is 0 Å². The van der Waals surface area contributed by atoms with E-state index in [2.05, 4.69) is 10.6 Å². The minimum atomic E-state index is -0.351. The lowest BCUT2D eigenvalue weighted by Gasteiger charge is -2.17. The van der Waals surface area contributed by atoms with Crippen LogP contribution < -0.4 is 10.6 Å². The zero-order valence-electron chi connectivity index (χ0n) is 9.90. The Balaban J connectivity index is 2.04. The Morgan fingerprint density at radius 2 is 2.06 bits per heavy atom. The number of ether oxygens (including phenoxy) is 2. The normalized spacial score (nSPS) is 18.3. The maximum Gasteiger partial charge on any atom is 0.246 e. The molecule has 1 heterocycles. The van der Waals surface area contributed by atoms with Crippen LogP contribution in [-0.2, 0) is 14.3 Å². The molecule has 0 saturated heterocycles. The number of amides is 1. The van der Waals surface area contributed by atoms with Crippen LogP contribution in [0.1, 0.15) is 11.6 Å². The molecule has 0 aliphatic carbocycles. The first kappa shape index (κ1) is 12.0. The van der Waals surface area contributed by atoms with E-state index >= 15 is 0 Å². The summed E-state index contributed by atoms with van der Waals surface area (Å²) in [7, 11) is 3.14. The lowest BCUT2D eigenvalue weighted by molar-refractivity contribution is -0.119. The van der Waals surface area contributed by atoms with Crippen LogP contribution in [0, 0.1) is 0 Å². The van der Waals surface area contributed by atoms with Gasteiger partial charge in [-0.3, -0.25) is 10.1 Å². The standard InChI is InChI=1S/C12H16N2O3/c1-16-10(17-2)7-13-11-8-5-3-4-6-9(8)14-12(11)15/h3-6,10-11,13H,7H2,1-2H3,(H,14,15). The summed E-state index contributed by atoms with van der Waals surface area (Å²) in [5.41, 5.74) is 1.82. The molecule has 2 N–H and O–H groups in total. The molecule has 1 aromatic carbocycles. The maximum atomic E-state index is 11.8. The average molecular weight is 236 g/mol. The Morgan fingerprint density at radius 3 is 2.76 bits per heavy atom. The van der Waals surface area contributed by atoms with E-state index in [9.17, 15) is 4.79 Å². The van der Waals surface area contributed by atoms with Crippen molar-refractivity contribution in [1.82, 2.24) is 5.32 Å². The summed E-state index contributed by atoms with van der Waals surface area (Å²) in [5, 5.41) is 5.95. The van der Waals surface area contributed by atoms with Crippen LogP contribution in [0.3, 0.4) is 0 Å². The molecule has 1 unspecified atom stereocenters. The molecule has 92 valence electrons. The van der Waals surface area contributed by atoms with Crippen LogP contribution in [0.25, 0.3) is 0 Å². The summed E-state index contributed by atoms with van der Waals surface area (Å²) in [6.07, 6.45) is -0.351. The highest BCUT2D eigenvalue weighted by molar-refractivity contribution is 6.02. The third-order valence-electron chi connectivity index (χ3n) is 2.81. The maximum absolute atomic E-state index is 11.8. The van der Waals surface area contributed by atoms with Gasteiger partial charge in [-0.05, 0) is 6.07 Å². The van der Waals surface area contributed by atoms with Crippen molar-refractivity contribution in [2.45, 2.75) is 12.3 Å². The van der Waals surface area contributed by atoms with Gasteiger partial charge in [0.2, 0.25) is 5.91 Å². The Bertz CT molecular complexity index is 404. The molecule has 0 saturated carbocycles. The summed E-state index contributed by atoms with van der Waals surface area (Å²) in [6, 6.07) is 7.30. The van der Waals surface area contributed by atoms with E-state index in [1.807, 2.05) is 24.3 Å². The van der Waals surface area contributed by atoms with E-state index in [-0.39, 0.29) is 18.2 Å². The number of para-hydroxylation sites is 1. The van der Waals surface area contributed by atoms with Gasteiger partial charge in [0.25, 0.3) is 0 Å². The molecule has 0 bridgehead atoms. The van der Waals surface area contributed by atoms with Crippen LogP contribution in [0.5, 0.6) is 0 Å². The summed E-state index contributed by atoms with van der Waals surface area (Å²) in [6.45, 7) is 0.458. The third-order valence-corrected chi connectivity index (χ3v) is 2.81. The van der Waals surface area contributed by atoms with Gasteiger partial charge in [0.1, 0.15) is 6.04 Å². The molecular weight excluding hydrogens is 220 g/mol. The minimum Gasteiger partial charge on any atom is -0.355 e. The smallest absolute Gasteiger partial charge is 0.246 e. The van der Waals surface area contributed by atoms with Crippen molar-refractivity contribution in [2.75, 3.05) is 26.1 Å². The fourth-order valence-electron chi connectivity index (χ4n) is 1.89. The van der Waals surface area contributed by atoms with E-state index in [0.29, 0.717) is 6.54 Å². The molecule has 1 aromatic rings. The second-order valence-corrected chi connectivity index (χ2v) is 3.82. The van der Waals surface area contributed by atoms with Gasteiger partial charge in [-0.2, -0.15) is 0 Å². The number of fused-ring (bicyclic) bond motifs is 1. The van der Waals surface area contributed by atoms with Gasteiger partial charge in [0.05, 0.1) is 0 Å². The number of carbonyl (C=O) groups excluding carboxylic acids is 1. The highest BCUT2D eigenvalue weighted by atomic mass is 16.7. The number of nitrogens with one attached hydrogen (secondary N) is 2. The second-order valence-electron chi connectivity index (χ2n) is 3.82. The number of rotatable bonds is 5. The highest BCUT2D eigenvalue weighted by Gasteiger charge is 2.30. The molecule has 1 aliphatic heterocycles. The molecule has 5 nitrogen and oxygen atoms in total. The Kier molecular flexibility index (Phi) is 3.73. The van der Waals surface area contributed by atoms with Gasteiger partial charge in [0.15, 0.2) is 6.29 Å². The van der Waals surface area contributed by atoms with E-state index in [1.54, 1.807) is 14.2 Å². The number of hydrogen-bond acceptors (Lipinski definition) is 4. The third kappa shape index (κ3) is 2.46. The molecule has 1 atom stereocenters. The van der Waals surface area contributed by atoms with Gasteiger partial charge < -0.3 is 14.8 Å². The van der Waals surface area contributed by atoms with E-state index in [0.717, 1.165) is 11.3 Å². The highest BCUT2D eigenvalue weighted by Crippen LogP contribution is 2.29. The molecule has 17 heavy (non-hydrogen) atoms. The van der Waals surface area contributed by atoms with E-state index in [4.69, 9.17) is 9.47 Å². The topological polar surface area (TPSA) is 59.6 Å². The van der Waals surface area contributed by atoms with Crippen molar-refractivity contribution in [1.29, 1.82) is 0 Å². The number of methoxy groups -OCH3 is 2. The summed E-state index contributed by atoms with van der Waals surface area (Å²) in [5.74, 6) is -0.0443. The Labute approximate surface area is 100 Å². The van der Waals surface area contributed by atoms with Crippen molar-refractivity contribution in [3.8, 4) is 0 Å². The van der Waals surface area contributed by atoms with Crippen molar-refractivity contribution in [2.24, 2.45) is 0 Å². The molecule has 5 heteroatoms. The first-order valence-electron chi connectivity index (χ1n) is 5.45. The first-order chi connectivity index (χ1) is 8.26. The summed E-state index contributed by atoms with van der Waals surface area (Å²) >= 11 is 0. The predicted molar refractivity (Wildman–Crippen MR) is 63.6 cm³/mol. The molecule has 0 fully saturated rings. The van der Waals surface area contributed by atoms with Gasteiger partial charge in [-0.15, -0.1) is 0 Å². The Morgan fingerprint density at radius 1 is 1.35 bits per heavy atom. The van der Waals surface area contributed by atoms with E-state index < -0.39 is 0 Å². The number of benzene rings is 1. The fourth-order valence-corrected chi connectivity index (χ4v) is 1.89. The SMILES string of the molecule is COC(CNC1C(=O)Nc2ccccc21)OC. The zero-order chi connectivity index (χ0) is 12.3. The summed E-state index contributed by atoms with van der Waals surface area (Å²) < 4.78 is 10.1. The summed E-state index contributed by atoms with van der Waals surface area (Å²) in [4.78, 5) is 11.8. The number of carbonyl (C=O) groups is 1. The van der Waals surface area contributed by atoms with Crippen LogP contribution in [-0.4, -0.2) is 33.0 Å². The van der Waals surface area contributed by atoms with Crippen LogP contribution >= 0.6 is 0 Å². The monoisotopic (exact) mass is 236 g/mol. The van der Waals surface area contributed by atoms with Crippen molar-refractivity contribution in [3.63, 3.8) is 0 Å². The molecular formula is C12H16N2O3. The Hall–Kier alpha value is -1.43. The number of hydrogen-bond donors (Lipinski definition) is 2. The fraction of sp³-hybridized carbons (Fsp3) is 0.417. The van der Waals surface area contributed by atoms with Crippen molar-refractivity contribution >= 4 is 11.6 Å². The van der Waals surface area contributed by atoms with Gasteiger partial charge in [-0.25, -0.2) is 0 Å². The molecule has 0 spiro atoms. The van der Waals surface area contributed by atoms with Gasteiger partial charge >= 0.3 is 0 Å². The lowest BCUT2D eigenvalue weighted by atomic mass is 10.1. The van der Waals surface area contributed by atoms with Crippen molar-refractivity contribution in [3.05, 3.63) is 29.8 Å². The van der Waals surface area contributed by atoms with Crippen molar-refractivity contribution < 1.29 is 14.3 Å². The molecule has 0 aromatic heterocycles. The second kappa shape index (κ2) is 5.27. The quantitative estimate of drug-likeness (QED) is 0.745. The first-order valence-corrected chi connectivity index (χ1v) is 5.45. The molecule has 1 aliphatic rings. The number of anilines is 1.